The first-order valence-electron chi connectivity index (χ1n) is 5.15. The SMILES string of the molecule is CCCC(N)C(=O)NCc1ccn(C)n1. The van der Waals surface area contributed by atoms with Gasteiger partial charge in [-0.2, -0.15) is 5.10 Å². The molecule has 1 amide bonds. The summed E-state index contributed by atoms with van der Waals surface area (Å²) in [4.78, 5) is 11.4. The summed E-state index contributed by atoms with van der Waals surface area (Å²) in [6.07, 6.45) is 3.47. The number of aromatic nitrogens is 2. The molecular weight excluding hydrogens is 192 g/mol. The van der Waals surface area contributed by atoms with E-state index >= 15 is 0 Å². The average molecular weight is 210 g/mol. The molecule has 0 aromatic carbocycles. The normalized spacial score (nSPS) is 12.5. The Kier molecular flexibility index (Phi) is 4.30. The molecule has 84 valence electrons. The van der Waals surface area contributed by atoms with E-state index in [2.05, 4.69) is 10.4 Å². The number of hydrogen-bond acceptors (Lipinski definition) is 3. The molecule has 0 aliphatic rings. The molecule has 0 radical (unpaired) electrons. The minimum absolute atomic E-state index is 0.109. The third-order valence-electron chi connectivity index (χ3n) is 2.15. The smallest absolute Gasteiger partial charge is 0.237 e. The van der Waals surface area contributed by atoms with Crippen LogP contribution in [0, 0.1) is 0 Å². The third-order valence-corrected chi connectivity index (χ3v) is 2.15. The number of carbonyl (C=O) groups is 1. The zero-order valence-electron chi connectivity index (χ0n) is 9.23. The van der Waals surface area contributed by atoms with Gasteiger partial charge in [0.2, 0.25) is 5.91 Å². The third kappa shape index (κ3) is 3.71. The molecule has 0 saturated heterocycles. The van der Waals surface area contributed by atoms with Gasteiger partial charge in [-0.05, 0) is 12.5 Å². The topological polar surface area (TPSA) is 72.9 Å². The Morgan fingerprint density at radius 2 is 2.47 bits per heavy atom. The molecular formula is C10H18N4O. The Bertz CT molecular complexity index is 321. The number of amides is 1. The van der Waals surface area contributed by atoms with Crippen LogP contribution in [0.2, 0.25) is 0 Å². The fourth-order valence-corrected chi connectivity index (χ4v) is 1.31. The summed E-state index contributed by atoms with van der Waals surface area (Å²) in [6, 6.07) is 1.46. The highest BCUT2D eigenvalue weighted by atomic mass is 16.2. The van der Waals surface area contributed by atoms with Gasteiger partial charge in [0, 0.05) is 13.2 Å². The van der Waals surface area contributed by atoms with Crippen molar-refractivity contribution in [3.63, 3.8) is 0 Å². The largest absolute Gasteiger partial charge is 0.349 e. The number of aryl methyl sites for hydroxylation is 1. The monoisotopic (exact) mass is 210 g/mol. The van der Waals surface area contributed by atoms with Gasteiger partial charge in [0.25, 0.3) is 0 Å². The number of nitrogens with two attached hydrogens (primary N) is 1. The first-order valence-corrected chi connectivity index (χ1v) is 5.15. The van der Waals surface area contributed by atoms with E-state index in [4.69, 9.17) is 5.73 Å². The predicted molar refractivity (Wildman–Crippen MR) is 57.9 cm³/mol. The molecule has 0 fully saturated rings. The van der Waals surface area contributed by atoms with Crippen molar-refractivity contribution in [3.8, 4) is 0 Å². The van der Waals surface area contributed by atoms with Crippen LogP contribution in [0.4, 0.5) is 0 Å². The van der Waals surface area contributed by atoms with Crippen molar-refractivity contribution in [2.24, 2.45) is 12.8 Å². The molecule has 1 unspecified atom stereocenters. The van der Waals surface area contributed by atoms with Crippen molar-refractivity contribution < 1.29 is 4.79 Å². The lowest BCUT2D eigenvalue weighted by Crippen LogP contribution is -2.40. The lowest BCUT2D eigenvalue weighted by Gasteiger charge is -2.09. The van der Waals surface area contributed by atoms with Gasteiger partial charge < -0.3 is 11.1 Å². The summed E-state index contributed by atoms with van der Waals surface area (Å²) < 4.78 is 1.70. The summed E-state index contributed by atoms with van der Waals surface area (Å²) in [6.45, 7) is 2.45. The van der Waals surface area contributed by atoms with Crippen molar-refractivity contribution in [3.05, 3.63) is 18.0 Å². The highest BCUT2D eigenvalue weighted by Crippen LogP contribution is 1.96. The molecule has 5 nitrogen and oxygen atoms in total. The maximum Gasteiger partial charge on any atom is 0.237 e. The van der Waals surface area contributed by atoms with Crippen molar-refractivity contribution in [1.29, 1.82) is 0 Å². The van der Waals surface area contributed by atoms with Gasteiger partial charge in [0.15, 0.2) is 0 Å². The van der Waals surface area contributed by atoms with Crippen LogP contribution in [0.25, 0.3) is 0 Å². The maximum absolute atomic E-state index is 11.4. The lowest BCUT2D eigenvalue weighted by molar-refractivity contribution is -0.122. The molecule has 1 rings (SSSR count). The second-order valence-electron chi connectivity index (χ2n) is 3.59. The van der Waals surface area contributed by atoms with Gasteiger partial charge in [-0.3, -0.25) is 9.48 Å². The lowest BCUT2D eigenvalue weighted by atomic mass is 10.2. The maximum atomic E-state index is 11.4. The highest BCUT2D eigenvalue weighted by molar-refractivity contribution is 5.81. The first-order chi connectivity index (χ1) is 7.13. The van der Waals surface area contributed by atoms with Crippen LogP contribution in [0.15, 0.2) is 12.3 Å². The van der Waals surface area contributed by atoms with E-state index < -0.39 is 6.04 Å². The quantitative estimate of drug-likeness (QED) is 0.727. The fraction of sp³-hybridized carbons (Fsp3) is 0.600. The van der Waals surface area contributed by atoms with Crippen LogP contribution in [-0.2, 0) is 18.4 Å². The highest BCUT2D eigenvalue weighted by Gasteiger charge is 2.11. The zero-order valence-corrected chi connectivity index (χ0v) is 9.23. The van der Waals surface area contributed by atoms with Gasteiger partial charge in [-0.1, -0.05) is 13.3 Å². The number of nitrogens with one attached hydrogen (secondary N) is 1. The van der Waals surface area contributed by atoms with Crippen LogP contribution < -0.4 is 11.1 Å². The van der Waals surface area contributed by atoms with Crippen LogP contribution in [0.1, 0.15) is 25.5 Å². The van der Waals surface area contributed by atoms with E-state index in [1.807, 2.05) is 26.2 Å². The summed E-state index contributed by atoms with van der Waals surface area (Å²) in [5, 5.41) is 6.91. The van der Waals surface area contributed by atoms with Crippen LogP contribution in [0.3, 0.4) is 0 Å². The average Bonchev–Trinajstić information content (AvgIpc) is 2.61. The molecule has 0 aliphatic heterocycles. The number of carbonyl (C=O) groups excluding carboxylic acids is 1. The molecule has 1 atom stereocenters. The van der Waals surface area contributed by atoms with Crippen LogP contribution in [-0.4, -0.2) is 21.7 Å². The number of rotatable bonds is 5. The molecule has 1 aromatic heterocycles. The van der Waals surface area contributed by atoms with Gasteiger partial charge in [-0.15, -0.1) is 0 Å². The standard InChI is InChI=1S/C10H18N4O/c1-3-4-9(11)10(15)12-7-8-5-6-14(2)13-8/h5-6,9H,3-4,7,11H2,1-2H3,(H,12,15). The summed E-state index contributed by atoms with van der Waals surface area (Å²) >= 11 is 0. The number of nitrogens with zero attached hydrogens (tertiary/aromatic N) is 2. The molecule has 3 N–H and O–H groups in total. The molecule has 0 aliphatic carbocycles. The first kappa shape index (κ1) is 11.7. The minimum Gasteiger partial charge on any atom is -0.349 e. The summed E-state index contributed by atoms with van der Waals surface area (Å²) in [5.41, 5.74) is 6.50. The Labute approximate surface area is 89.6 Å². The van der Waals surface area contributed by atoms with E-state index in [0.717, 1.165) is 12.1 Å². The van der Waals surface area contributed by atoms with Gasteiger partial charge in [-0.25, -0.2) is 0 Å². The van der Waals surface area contributed by atoms with E-state index in [9.17, 15) is 4.79 Å². The van der Waals surface area contributed by atoms with E-state index in [1.165, 1.54) is 0 Å². The van der Waals surface area contributed by atoms with E-state index in [1.54, 1.807) is 4.68 Å². The second-order valence-corrected chi connectivity index (χ2v) is 3.59. The molecule has 15 heavy (non-hydrogen) atoms. The van der Waals surface area contributed by atoms with E-state index in [0.29, 0.717) is 13.0 Å². The summed E-state index contributed by atoms with van der Waals surface area (Å²) in [5.74, 6) is -0.109. The van der Waals surface area contributed by atoms with Crippen molar-refractivity contribution in [2.75, 3.05) is 0 Å². The zero-order chi connectivity index (χ0) is 11.3. The van der Waals surface area contributed by atoms with Gasteiger partial charge in [0.1, 0.15) is 0 Å². The minimum atomic E-state index is -0.404. The fourth-order valence-electron chi connectivity index (χ4n) is 1.31. The predicted octanol–water partition coefficient (Wildman–Crippen LogP) is 0.164. The molecule has 0 bridgehead atoms. The number of hydrogen-bond donors (Lipinski definition) is 2. The summed E-state index contributed by atoms with van der Waals surface area (Å²) in [7, 11) is 1.84. The Balaban J connectivity index is 2.34. The van der Waals surface area contributed by atoms with Crippen LogP contribution in [0.5, 0.6) is 0 Å². The second kappa shape index (κ2) is 5.50. The Morgan fingerprint density at radius 3 is 3.00 bits per heavy atom. The van der Waals surface area contributed by atoms with E-state index in [-0.39, 0.29) is 5.91 Å². The van der Waals surface area contributed by atoms with Crippen molar-refractivity contribution in [2.45, 2.75) is 32.4 Å². The Morgan fingerprint density at radius 1 is 1.73 bits per heavy atom. The Hall–Kier alpha value is -1.36. The van der Waals surface area contributed by atoms with Gasteiger partial charge >= 0.3 is 0 Å². The van der Waals surface area contributed by atoms with Crippen LogP contribution >= 0.6 is 0 Å². The van der Waals surface area contributed by atoms with Gasteiger partial charge in [0.05, 0.1) is 18.3 Å². The molecule has 0 saturated carbocycles. The molecule has 5 heteroatoms. The van der Waals surface area contributed by atoms with Crippen molar-refractivity contribution in [1.82, 2.24) is 15.1 Å². The molecule has 1 aromatic rings. The molecule has 0 spiro atoms. The van der Waals surface area contributed by atoms with Crippen molar-refractivity contribution >= 4 is 5.91 Å². The molecule has 1 heterocycles.